The Balaban J connectivity index is 2.09. The lowest BCUT2D eigenvalue weighted by Crippen LogP contribution is -2.32. The van der Waals surface area contributed by atoms with Crippen LogP contribution in [0.3, 0.4) is 0 Å². The van der Waals surface area contributed by atoms with E-state index in [1.54, 1.807) is 0 Å². The molecule has 0 aliphatic carbocycles. The molecule has 0 bridgehead atoms. The standard InChI is InChI=1S/C17H17F3N2O6/c1-11(23)27-6-5-26-10-22-9-13(15(24)21-16(22)25)7-12-3-2-4-14(8-12)28-17(18,19)20/h2-4,8-9H,5-7,10H2,1H3,(H,21,24,25). The van der Waals surface area contributed by atoms with E-state index in [0.29, 0.717) is 5.56 Å². The number of rotatable bonds is 8. The van der Waals surface area contributed by atoms with Crippen LogP contribution in [0.25, 0.3) is 0 Å². The van der Waals surface area contributed by atoms with Crippen LogP contribution >= 0.6 is 0 Å². The number of esters is 1. The number of hydrogen-bond donors (Lipinski definition) is 1. The average molecular weight is 402 g/mol. The van der Waals surface area contributed by atoms with Gasteiger partial charge in [0.1, 0.15) is 19.1 Å². The second kappa shape index (κ2) is 9.22. The van der Waals surface area contributed by atoms with Crippen LogP contribution in [0.15, 0.2) is 40.1 Å². The zero-order chi connectivity index (χ0) is 20.7. The molecule has 0 saturated heterocycles. The van der Waals surface area contributed by atoms with Gasteiger partial charge in [-0.15, -0.1) is 13.2 Å². The number of hydrogen-bond acceptors (Lipinski definition) is 6. The Morgan fingerprint density at radius 2 is 1.96 bits per heavy atom. The second-order valence-corrected chi connectivity index (χ2v) is 5.63. The van der Waals surface area contributed by atoms with Crippen LogP contribution < -0.4 is 16.0 Å². The first-order valence-electron chi connectivity index (χ1n) is 8.02. The molecule has 0 unspecified atom stereocenters. The highest BCUT2D eigenvalue weighted by Gasteiger charge is 2.31. The minimum absolute atomic E-state index is 0.00624. The third kappa shape index (κ3) is 6.91. The molecule has 1 aromatic carbocycles. The number of nitrogens with zero attached hydrogens (tertiary/aromatic N) is 1. The monoisotopic (exact) mass is 402 g/mol. The molecular formula is C17H17F3N2O6. The van der Waals surface area contributed by atoms with Crippen molar-refractivity contribution >= 4 is 5.97 Å². The van der Waals surface area contributed by atoms with E-state index < -0.39 is 29.3 Å². The van der Waals surface area contributed by atoms with Gasteiger partial charge in [-0.05, 0) is 17.7 Å². The molecule has 0 spiro atoms. The van der Waals surface area contributed by atoms with Crippen LogP contribution in [0.5, 0.6) is 5.75 Å². The van der Waals surface area contributed by atoms with Crippen molar-refractivity contribution in [1.82, 2.24) is 9.55 Å². The third-order valence-corrected chi connectivity index (χ3v) is 3.37. The zero-order valence-electron chi connectivity index (χ0n) is 14.7. The van der Waals surface area contributed by atoms with E-state index in [9.17, 15) is 27.6 Å². The number of halogens is 3. The van der Waals surface area contributed by atoms with E-state index in [1.807, 2.05) is 0 Å². The van der Waals surface area contributed by atoms with E-state index in [0.717, 1.165) is 16.7 Å². The van der Waals surface area contributed by atoms with Crippen molar-refractivity contribution in [2.75, 3.05) is 13.2 Å². The first-order valence-corrected chi connectivity index (χ1v) is 8.02. The number of carbonyl (C=O) groups is 1. The van der Waals surface area contributed by atoms with Gasteiger partial charge in [-0.1, -0.05) is 12.1 Å². The van der Waals surface area contributed by atoms with Gasteiger partial charge in [-0.2, -0.15) is 0 Å². The first-order chi connectivity index (χ1) is 13.1. The van der Waals surface area contributed by atoms with Crippen molar-refractivity contribution in [3.8, 4) is 5.75 Å². The molecule has 11 heteroatoms. The number of aromatic amines is 1. The molecule has 0 saturated carbocycles. The molecule has 0 aliphatic heterocycles. The predicted octanol–water partition coefficient (Wildman–Crippen LogP) is 1.56. The number of alkyl halides is 3. The lowest BCUT2D eigenvalue weighted by molar-refractivity contribution is -0.274. The molecule has 2 aromatic rings. The summed E-state index contributed by atoms with van der Waals surface area (Å²) in [6, 6.07) is 5.17. The fourth-order valence-electron chi connectivity index (χ4n) is 2.26. The molecule has 0 fully saturated rings. The van der Waals surface area contributed by atoms with Crippen LogP contribution in [0.2, 0.25) is 0 Å². The van der Waals surface area contributed by atoms with Gasteiger partial charge in [0.05, 0.1) is 6.61 Å². The minimum atomic E-state index is -4.83. The molecule has 0 atom stereocenters. The van der Waals surface area contributed by atoms with Crippen molar-refractivity contribution in [3.63, 3.8) is 0 Å². The lowest BCUT2D eigenvalue weighted by Gasteiger charge is -2.11. The Morgan fingerprint density at radius 3 is 2.64 bits per heavy atom. The van der Waals surface area contributed by atoms with Gasteiger partial charge >= 0.3 is 18.0 Å². The van der Waals surface area contributed by atoms with Crippen LogP contribution in [-0.4, -0.2) is 35.1 Å². The quantitative estimate of drug-likeness (QED) is 0.532. The van der Waals surface area contributed by atoms with Gasteiger partial charge in [-0.25, -0.2) is 4.79 Å². The highest BCUT2D eigenvalue weighted by Crippen LogP contribution is 2.23. The van der Waals surface area contributed by atoms with Gasteiger partial charge in [0.15, 0.2) is 0 Å². The topological polar surface area (TPSA) is 99.6 Å². The number of aromatic nitrogens is 2. The SMILES string of the molecule is CC(=O)OCCOCn1cc(Cc2cccc(OC(F)(F)F)c2)c(=O)[nH]c1=O. The zero-order valence-corrected chi connectivity index (χ0v) is 14.7. The van der Waals surface area contributed by atoms with E-state index >= 15 is 0 Å². The maximum absolute atomic E-state index is 12.3. The molecule has 8 nitrogen and oxygen atoms in total. The molecule has 1 aromatic heterocycles. The molecule has 0 aliphatic rings. The number of benzene rings is 1. The lowest BCUT2D eigenvalue weighted by atomic mass is 10.1. The third-order valence-electron chi connectivity index (χ3n) is 3.37. The van der Waals surface area contributed by atoms with Gasteiger partial charge in [-0.3, -0.25) is 19.1 Å². The summed E-state index contributed by atoms with van der Waals surface area (Å²) < 4.78 is 51.8. The Bertz CT molecular complexity index is 935. The van der Waals surface area contributed by atoms with Crippen molar-refractivity contribution in [3.05, 3.63) is 62.4 Å². The summed E-state index contributed by atoms with van der Waals surface area (Å²) in [5.74, 6) is -0.882. The van der Waals surface area contributed by atoms with Crippen LogP contribution in [-0.2, 0) is 27.4 Å². The molecule has 0 radical (unpaired) electrons. The highest BCUT2D eigenvalue weighted by atomic mass is 19.4. The van der Waals surface area contributed by atoms with Crippen LogP contribution in [0.1, 0.15) is 18.1 Å². The van der Waals surface area contributed by atoms with Gasteiger partial charge in [0.25, 0.3) is 5.56 Å². The van der Waals surface area contributed by atoms with Gasteiger partial charge < -0.3 is 14.2 Å². The molecule has 0 amide bonds. The highest BCUT2D eigenvalue weighted by molar-refractivity contribution is 5.65. The van der Waals surface area contributed by atoms with Crippen LogP contribution in [0, 0.1) is 0 Å². The summed E-state index contributed by atoms with van der Waals surface area (Å²) in [5, 5.41) is 0. The summed E-state index contributed by atoms with van der Waals surface area (Å²) in [6.45, 7) is 1.08. The Labute approximate surface area is 156 Å². The Kier molecular flexibility index (Phi) is 6.99. The van der Waals surface area contributed by atoms with E-state index in [-0.39, 0.29) is 31.9 Å². The summed E-state index contributed by atoms with van der Waals surface area (Å²) >= 11 is 0. The minimum Gasteiger partial charge on any atom is -0.463 e. The van der Waals surface area contributed by atoms with Crippen molar-refractivity contribution in [1.29, 1.82) is 0 Å². The summed E-state index contributed by atoms with van der Waals surface area (Å²) in [7, 11) is 0. The van der Waals surface area contributed by atoms with Crippen LogP contribution in [0.4, 0.5) is 13.2 Å². The van der Waals surface area contributed by atoms with E-state index in [1.165, 1.54) is 25.3 Å². The predicted molar refractivity (Wildman–Crippen MR) is 89.8 cm³/mol. The van der Waals surface area contributed by atoms with E-state index in [4.69, 9.17) is 4.74 Å². The second-order valence-electron chi connectivity index (χ2n) is 5.63. The molecule has 1 N–H and O–H groups in total. The first kappa shape index (κ1) is 21.2. The maximum Gasteiger partial charge on any atom is 0.573 e. The number of H-pyrrole nitrogens is 1. The molecular weight excluding hydrogens is 385 g/mol. The Morgan fingerprint density at radius 1 is 1.21 bits per heavy atom. The maximum atomic E-state index is 12.3. The molecule has 2 rings (SSSR count). The summed E-state index contributed by atoms with van der Waals surface area (Å²) in [5.41, 5.74) is -0.848. The number of carbonyl (C=O) groups excluding carboxylic acids is 1. The largest absolute Gasteiger partial charge is 0.573 e. The number of nitrogens with one attached hydrogen (secondary N) is 1. The molecule has 152 valence electrons. The average Bonchev–Trinajstić information content (AvgIpc) is 2.57. The fourth-order valence-corrected chi connectivity index (χ4v) is 2.26. The van der Waals surface area contributed by atoms with Crippen molar-refractivity contribution < 1.29 is 32.2 Å². The summed E-state index contributed by atoms with van der Waals surface area (Å²) in [6.07, 6.45) is -3.60. The summed E-state index contributed by atoms with van der Waals surface area (Å²) in [4.78, 5) is 36.6. The molecule has 28 heavy (non-hydrogen) atoms. The van der Waals surface area contributed by atoms with E-state index in [2.05, 4.69) is 14.5 Å². The van der Waals surface area contributed by atoms with Crippen molar-refractivity contribution in [2.45, 2.75) is 26.4 Å². The Hall–Kier alpha value is -3.08. The fraction of sp³-hybridized carbons (Fsp3) is 0.353. The van der Waals surface area contributed by atoms with Crippen molar-refractivity contribution in [2.24, 2.45) is 0 Å². The molecule has 1 heterocycles. The van der Waals surface area contributed by atoms with Gasteiger partial charge in [0, 0.05) is 25.1 Å². The number of ether oxygens (including phenoxy) is 3. The van der Waals surface area contributed by atoms with Gasteiger partial charge in [0.2, 0.25) is 0 Å². The normalized spacial score (nSPS) is 11.3. The smallest absolute Gasteiger partial charge is 0.463 e.